The van der Waals surface area contributed by atoms with Crippen LogP contribution in [0.4, 0.5) is 5.95 Å². The first-order valence-electron chi connectivity index (χ1n) is 11.1. The molecular weight excluding hydrogens is 356 g/mol. The molecule has 0 N–H and O–H groups in total. The first-order chi connectivity index (χ1) is 14.3. The molecule has 0 spiro atoms. The summed E-state index contributed by atoms with van der Waals surface area (Å²) in [5, 5.41) is 2.52. The number of piperidine rings is 2. The van der Waals surface area contributed by atoms with Crippen LogP contribution in [0.15, 0.2) is 54.7 Å². The van der Waals surface area contributed by atoms with Crippen LogP contribution < -0.4 is 4.90 Å². The van der Waals surface area contributed by atoms with Gasteiger partial charge < -0.3 is 9.80 Å². The zero-order valence-corrected chi connectivity index (χ0v) is 17.1. The van der Waals surface area contributed by atoms with Gasteiger partial charge in [-0.3, -0.25) is 0 Å². The van der Waals surface area contributed by atoms with Crippen molar-refractivity contribution in [3.63, 3.8) is 0 Å². The van der Waals surface area contributed by atoms with Gasteiger partial charge >= 0.3 is 0 Å². The summed E-state index contributed by atoms with van der Waals surface area (Å²) in [6.07, 6.45) is 8.59. The molecule has 1 aromatic heterocycles. The lowest BCUT2D eigenvalue weighted by Crippen LogP contribution is -2.40. The van der Waals surface area contributed by atoms with Gasteiger partial charge in [-0.15, -0.1) is 0 Å². The minimum absolute atomic E-state index is 0.827. The molecule has 2 aliphatic heterocycles. The largest absolute Gasteiger partial charge is 0.341 e. The maximum atomic E-state index is 4.92. The van der Waals surface area contributed by atoms with Crippen LogP contribution in [0.5, 0.6) is 0 Å². The summed E-state index contributed by atoms with van der Waals surface area (Å²) in [4.78, 5) is 14.6. The van der Waals surface area contributed by atoms with E-state index in [2.05, 4.69) is 57.2 Å². The van der Waals surface area contributed by atoms with E-state index in [1.165, 1.54) is 62.5 Å². The lowest BCUT2D eigenvalue weighted by molar-refractivity contribution is 0.181. The molecule has 2 aliphatic rings. The average Bonchev–Trinajstić information content (AvgIpc) is 2.80. The summed E-state index contributed by atoms with van der Waals surface area (Å²) in [6.45, 7) is 6.03. The molecule has 150 valence electrons. The Bertz CT molecular complexity index is 956. The van der Waals surface area contributed by atoms with Crippen molar-refractivity contribution in [1.29, 1.82) is 0 Å². The van der Waals surface area contributed by atoms with Gasteiger partial charge in [-0.1, -0.05) is 42.8 Å². The zero-order valence-electron chi connectivity index (χ0n) is 17.1. The Morgan fingerprint density at radius 1 is 0.828 bits per heavy atom. The van der Waals surface area contributed by atoms with Crippen molar-refractivity contribution in [3.8, 4) is 11.3 Å². The van der Waals surface area contributed by atoms with Crippen molar-refractivity contribution >= 4 is 16.7 Å². The van der Waals surface area contributed by atoms with E-state index in [1.54, 1.807) is 0 Å². The maximum Gasteiger partial charge on any atom is 0.225 e. The van der Waals surface area contributed by atoms with Crippen LogP contribution in [0.25, 0.3) is 22.0 Å². The molecule has 3 heterocycles. The zero-order chi connectivity index (χ0) is 19.5. The van der Waals surface area contributed by atoms with E-state index >= 15 is 0 Å². The molecule has 2 aromatic carbocycles. The molecule has 0 bridgehead atoms. The lowest BCUT2D eigenvalue weighted by Gasteiger charge is -2.36. The predicted octanol–water partition coefficient (Wildman–Crippen LogP) is 5.00. The highest BCUT2D eigenvalue weighted by molar-refractivity contribution is 5.86. The second-order valence-corrected chi connectivity index (χ2v) is 8.60. The second kappa shape index (κ2) is 8.50. The van der Waals surface area contributed by atoms with Gasteiger partial charge in [-0.25, -0.2) is 9.97 Å². The van der Waals surface area contributed by atoms with Crippen LogP contribution in [0.3, 0.4) is 0 Å². The molecule has 0 amide bonds. The molecular formula is C25H30N4. The summed E-state index contributed by atoms with van der Waals surface area (Å²) in [5.41, 5.74) is 2.17. The fraction of sp³-hybridized carbons (Fsp3) is 0.440. The smallest absolute Gasteiger partial charge is 0.225 e. The van der Waals surface area contributed by atoms with E-state index in [1.807, 2.05) is 12.3 Å². The van der Waals surface area contributed by atoms with E-state index in [4.69, 9.17) is 4.98 Å². The van der Waals surface area contributed by atoms with E-state index < -0.39 is 0 Å². The fourth-order valence-corrected chi connectivity index (χ4v) is 4.83. The van der Waals surface area contributed by atoms with Gasteiger partial charge in [0.05, 0.1) is 5.69 Å². The topological polar surface area (TPSA) is 32.3 Å². The third kappa shape index (κ3) is 4.27. The number of benzene rings is 2. The van der Waals surface area contributed by atoms with Crippen LogP contribution in [-0.2, 0) is 0 Å². The van der Waals surface area contributed by atoms with Gasteiger partial charge in [-0.2, -0.15) is 0 Å². The van der Waals surface area contributed by atoms with Crippen LogP contribution in [0, 0.1) is 5.92 Å². The molecule has 0 radical (unpaired) electrons. The molecule has 0 unspecified atom stereocenters. The molecule has 29 heavy (non-hydrogen) atoms. The number of fused-ring (bicyclic) bond motifs is 1. The summed E-state index contributed by atoms with van der Waals surface area (Å²) in [7, 11) is 0. The summed E-state index contributed by atoms with van der Waals surface area (Å²) in [6, 6.07) is 17.1. The molecule has 5 rings (SSSR count). The molecule has 3 aromatic rings. The van der Waals surface area contributed by atoms with Crippen LogP contribution in [0.2, 0.25) is 0 Å². The molecule has 0 saturated carbocycles. The van der Waals surface area contributed by atoms with Crippen molar-refractivity contribution < 1.29 is 0 Å². The number of aromatic nitrogens is 2. The third-order valence-corrected chi connectivity index (χ3v) is 6.55. The molecule has 2 saturated heterocycles. The van der Waals surface area contributed by atoms with E-state index in [0.717, 1.165) is 36.2 Å². The standard InChI is InChI=1S/C25H30N4/c1-4-14-28(15-5-1)19-20-11-16-29(17-12-20)25-26-13-10-24(27-25)23-9-8-21-6-2-3-7-22(21)18-23/h2-3,6-10,13,18,20H,1,4-5,11-12,14-17,19H2. The Morgan fingerprint density at radius 3 is 2.45 bits per heavy atom. The van der Waals surface area contributed by atoms with Gasteiger partial charge in [0.25, 0.3) is 0 Å². The number of rotatable bonds is 4. The lowest BCUT2D eigenvalue weighted by atomic mass is 9.95. The summed E-state index contributed by atoms with van der Waals surface area (Å²) in [5.74, 6) is 1.71. The Hall–Kier alpha value is -2.46. The van der Waals surface area contributed by atoms with Crippen LogP contribution in [-0.4, -0.2) is 47.6 Å². The molecule has 2 fully saturated rings. The van der Waals surface area contributed by atoms with Gasteiger partial charge in [0.1, 0.15) is 0 Å². The average molecular weight is 387 g/mol. The highest BCUT2D eigenvalue weighted by Crippen LogP contribution is 2.26. The quantitative estimate of drug-likeness (QED) is 0.632. The second-order valence-electron chi connectivity index (χ2n) is 8.60. The van der Waals surface area contributed by atoms with Crippen LogP contribution in [0.1, 0.15) is 32.1 Å². The van der Waals surface area contributed by atoms with Crippen molar-refractivity contribution in [2.24, 2.45) is 5.92 Å². The van der Waals surface area contributed by atoms with Crippen molar-refractivity contribution in [2.75, 3.05) is 37.6 Å². The first-order valence-corrected chi connectivity index (χ1v) is 11.1. The molecule has 4 heteroatoms. The molecule has 4 nitrogen and oxygen atoms in total. The minimum atomic E-state index is 0.827. The van der Waals surface area contributed by atoms with E-state index in [0.29, 0.717) is 0 Å². The highest BCUT2D eigenvalue weighted by Gasteiger charge is 2.23. The van der Waals surface area contributed by atoms with Crippen molar-refractivity contribution in [2.45, 2.75) is 32.1 Å². The fourth-order valence-electron chi connectivity index (χ4n) is 4.83. The van der Waals surface area contributed by atoms with Gasteiger partial charge in [0, 0.05) is 31.4 Å². The molecule has 0 atom stereocenters. The number of nitrogens with zero attached hydrogens (tertiary/aromatic N) is 4. The van der Waals surface area contributed by atoms with Gasteiger partial charge in [0.2, 0.25) is 5.95 Å². The summed E-state index contributed by atoms with van der Waals surface area (Å²) >= 11 is 0. The SMILES string of the molecule is c1ccc2cc(-c3ccnc(N4CCC(CN5CCCCC5)CC4)n3)ccc2c1. The normalized spacial score (nSPS) is 19.0. The number of hydrogen-bond acceptors (Lipinski definition) is 4. The number of hydrogen-bond donors (Lipinski definition) is 0. The maximum absolute atomic E-state index is 4.92. The Labute approximate surface area is 173 Å². The minimum Gasteiger partial charge on any atom is -0.341 e. The Balaban J connectivity index is 1.26. The van der Waals surface area contributed by atoms with E-state index in [9.17, 15) is 0 Å². The van der Waals surface area contributed by atoms with E-state index in [-0.39, 0.29) is 0 Å². The third-order valence-electron chi connectivity index (χ3n) is 6.55. The van der Waals surface area contributed by atoms with Crippen molar-refractivity contribution in [1.82, 2.24) is 14.9 Å². The predicted molar refractivity (Wildman–Crippen MR) is 120 cm³/mol. The number of likely N-dealkylation sites (tertiary alicyclic amines) is 1. The Kier molecular flexibility index (Phi) is 5.44. The monoisotopic (exact) mass is 386 g/mol. The van der Waals surface area contributed by atoms with Crippen molar-refractivity contribution in [3.05, 3.63) is 54.7 Å². The highest BCUT2D eigenvalue weighted by atomic mass is 15.3. The Morgan fingerprint density at radius 2 is 1.62 bits per heavy atom. The summed E-state index contributed by atoms with van der Waals surface area (Å²) < 4.78 is 0. The molecule has 0 aliphatic carbocycles. The number of anilines is 1. The van der Waals surface area contributed by atoms with Gasteiger partial charge in [0.15, 0.2) is 0 Å². The first kappa shape index (κ1) is 18.6. The van der Waals surface area contributed by atoms with Gasteiger partial charge in [-0.05, 0) is 67.6 Å². The van der Waals surface area contributed by atoms with Crippen LogP contribution >= 0.6 is 0 Å².